The van der Waals surface area contributed by atoms with Crippen LogP contribution in [0.1, 0.15) is 65.2 Å². The Labute approximate surface area is 104 Å². The summed E-state index contributed by atoms with van der Waals surface area (Å²) in [6.45, 7) is 4.12. The van der Waals surface area contributed by atoms with Gasteiger partial charge in [-0.25, -0.2) is 0 Å². The van der Waals surface area contributed by atoms with Crippen LogP contribution in [0, 0.1) is 0 Å². The second kappa shape index (κ2) is 10.1. The van der Waals surface area contributed by atoms with E-state index in [0.717, 1.165) is 38.5 Å². The number of hydrogen-bond acceptors (Lipinski definition) is 2. The Balaban J connectivity index is 3.82. The van der Waals surface area contributed by atoms with Crippen LogP contribution in [0.2, 0.25) is 0 Å². The molecule has 0 radical (unpaired) electrons. The van der Waals surface area contributed by atoms with E-state index in [1.54, 1.807) is 0 Å². The zero-order valence-corrected chi connectivity index (χ0v) is 11.0. The standard InChI is InChI=1S/C13H25NO3/c1-3-5-6-7-9-12(15)14-11(8-4-2)10-13(16)17/h11H,3-10H2,1-2H3,(H,14,15)(H,16,17). The Hall–Kier alpha value is -1.06. The van der Waals surface area contributed by atoms with Gasteiger partial charge in [0.05, 0.1) is 6.42 Å². The van der Waals surface area contributed by atoms with E-state index >= 15 is 0 Å². The number of hydrogen-bond donors (Lipinski definition) is 2. The highest BCUT2D eigenvalue weighted by Gasteiger charge is 2.14. The Morgan fingerprint density at radius 1 is 1.12 bits per heavy atom. The molecular formula is C13H25NO3. The highest BCUT2D eigenvalue weighted by molar-refractivity contribution is 5.77. The summed E-state index contributed by atoms with van der Waals surface area (Å²) in [6, 6.07) is -0.212. The van der Waals surface area contributed by atoms with Gasteiger partial charge in [0.15, 0.2) is 0 Å². The molecule has 0 saturated heterocycles. The van der Waals surface area contributed by atoms with E-state index in [2.05, 4.69) is 12.2 Å². The third-order valence-electron chi connectivity index (χ3n) is 2.68. The maximum atomic E-state index is 11.6. The number of amides is 1. The number of carbonyl (C=O) groups is 2. The first-order valence-corrected chi connectivity index (χ1v) is 6.61. The summed E-state index contributed by atoms with van der Waals surface area (Å²) in [6.07, 6.45) is 6.42. The lowest BCUT2D eigenvalue weighted by Gasteiger charge is -2.15. The lowest BCUT2D eigenvalue weighted by molar-refractivity contribution is -0.137. The van der Waals surface area contributed by atoms with Crippen molar-refractivity contribution in [2.45, 2.75) is 71.3 Å². The molecule has 0 heterocycles. The van der Waals surface area contributed by atoms with Crippen LogP contribution < -0.4 is 5.32 Å². The number of nitrogens with one attached hydrogen (secondary N) is 1. The minimum atomic E-state index is -0.852. The van der Waals surface area contributed by atoms with Crippen LogP contribution >= 0.6 is 0 Å². The van der Waals surface area contributed by atoms with Gasteiger partial charge in [-0.3, -0.25) is 9.59 Å². The van der Waals surface area contributed by atoms with Crippen LogP contribution in [0.5, 0.6) is 0 Å². The second-order valence-corrected chi connectivity index (χ2v) is 4.46. The van der Waals surface area contributed by atoms with E-state index in [9.17, 15) is 9.59 Å². The summed E-state index contributed by atoms with van der Waals surface area (Å²) in [7, 11) is 0. The van der Waals surface area contributed by atoms with E-state index in [1.165, 1.54) is 0 Å². The number of unbranched alkanes of at least 4 members (excludes halogenated alkanes) is 3. The van der Waals surface area contributed by atoms with Crippen LogP contribution in [-0.4, -0.2) is 23.0 Å². The van der Waals surface area contributed by atoms with E-state index in [1.807, 2.05) is 6.92 Å². The molecule has 1 amide bonds. The van der Waals surface area contributed by atoms with Crippen molar-refractivity contribution in [2.24, 2.45) is 0 Å². The predicted octanol–water partition coefficient (Wildman–Crippen LogP) is 2.72. The molecule has 2 N–H and O–H groups in total. The van der Waals surface area contributed by atoms with Crippen molar-refractivity contribution in [1.29, 1.82) is 0 Å². The zero-order valence-electron chi connectivity index (χ0n) is 11.0. The van der Waals surface area contributed by atoms with Gasteiger partial charge in [-0.15, -0.1) is 0 Å². The van der Waals surface area contributed by atoms with Crippen LogP contribution in [-0.2, 0) is 9.59 Å². The maximum absolute atomic E-state index is 11.6. The molecule has 0 rings (SSSR count). The largest absolute Gasteiger partial charge is 0.481 e. The van der Waals surface area contributed by atoms with Crippen LogP contribution in [0.3, 0.4) is 0 Å². The highest BCUT2D eigenvalue weighted by Crippen LogP contribution is 2.05. The molecule has 0 aromatic heterocycles. The number of carboxylic acids is 1. The number of aliphatic carboxylic acids is 1. The average Bonchev–Trinajstić information content (AvgIpc) is 2.24. The molecule has 4 heteroatoms. The van der Waals surface area contributed by atoms with Crippen LogP contribution in [0.15, 0.2) is 0 Å². The van der Waals surface area contributed by atoms with Crippen molar-refractivity contribution in [3.05, 3.63) is 0 Å². The van der Waals surface area contributed by atoms with Crippen molar-refractivity contribution >= 4 is 11.9 Å². The van der Waals surface area contributed by atoms with Gasteiger partial charge in [-0.1, -0.05) is 39.5 Å². The lowest BCUT2D eigenvalue weighted by Crippen LogP contribution is -2.36. The number of rotatable bonds is 10. The Bertz CT molecular complexity index is 229. The molecule has 0 aromatic carbocycles. The second-order valence-electron chi connectivity index (χ2n) is 4.46. The summed E-state index contributed by atoms with van der Waals surface area (Å²) >= 11 is 0. The molecule has 1 unspecified atom stereocenters. The lowest BCUT2D eigenvalue weighted by atomic mass is 10.1. The normalized spacial score (nSPS) is 12.1. The molecule has 0 spiro atoms. The third-order valence-corrected chi connectivity index (χ3v) is 2.68. The topological polar surface area (TPSA) is 66.4 Å². The quantitative estimate of drug-likeness (QED) is 0.580. The van der Waals surface area contributed by atoms with E-state index in [0.29, 0.717) is 6.42 Å². The Morgan fingerprint density at radius 3 is 2.35 bits per heavy atom. The molecule has 0 aromatic rings. The first kappa shape index (κ1) is 15.9. The summed E-state index contributed by atoms with van der Waals surface area (Å²) < 4.78 is 0. The van der Waals surface area contributed by atoms with Gasteiger partial charge in [0.2, 0.25) is 5.91 Å². The number of carboxylic acid groups (broad SMARTS) is 1. The first-order valence-electron chi connectivity index (χ1n) is 6.61. The first-order chi connectivity index (χ1) is 8.10. The Morgan fingerprint density at radius 2 is 1.82 bits per heavy atom. The molecule has 100 valence electrons. The molecule has 0 aliphatic rings. The van der Waals surface area contributed by atoms with Crippen LogP contribution in [0.25, 0.3) is 0 Å². The molecule has 0 aliphatic heterocycles. The third kappa shape index (κ3) is 9.85. The fourth-order valence-corrected chi connectivity index (χ4v) is 1.80. The summed E-state index contributed by atoms with van der Waals surface area (Å²) in [5, 5.41) is 11.5. The summed E-state index contributed by atoms with van der Waals surface area (Å²) in [5.74, 6) is -0.865. The molecular weight excluding hydrogens is 218 g/mol. The smallest absolute Gasteiger partial charge is 0.305 e. The SMILES string of the molecule is CCCCCCC(=O)NC(CCC)CC(=O)O. The van der Waals surface area contributed by atoms with E-state index in [4.69, 9.17) is 5.11 Å². The van der Waals surface area contributed by atoms with Crippen LogP contribution in [0.4, 0.5) is 0 Å². The average molecular weight is 243 g/mol. The van der Waals surface area contributed by atoms with Gasteiger partial charge in [-0.05, 0) is 12.8 Å². The van der Waals surface area contributed by atoms with Crippen molar-refractivity contribution in [3.8, 4) is 0 Å². The van der Waals surface area contributed by atoms with E-state index in [-0.39, 0.29) is 18.4 Å². The van der Waals surface area contributed by atoms with Crippen molar-refractivity contribution in [1.82, 2.24) is 5.32 Å². The predicted molar refractivity (Wildman–Crippen MR) is 67.9 cm³/mol. The van der Waals surface area contributed by atoms with Gasteiger partial charge in [0.25, 0.3) is 0 Å². The molecule has 0 fully saturated rings. The molecule has 0 aliphatic carbocycles. The minimum absolute atomic E-state index is 0.0131. The maximum Gasteiger partial charge on any atom is 0.305 e. The van der Waals surface area contributed by atoms with Gasteiger partial charge in [-0.2, -0.15) is 0 Å². The zero-order chi connectivity index (χ0) is 13.1. The fourth-order valence-electron chi connectivity index (χ4n) is 1.80. The Kier molecular flexibility index (Phi) is 9.49. The summed E-state index contributed by atoms with van der Waals surface area (Å²) in [5.41, 5.74) is 0. The van der Waals surface area contributed by atoms with Gasteiger partial charge in [0.1, 0.15) is 0 Å². The van der Waals surface area contributed by atoms with Crippen molar-refractivity contribution in [3.63, 3.8) is 0 Å². The monoisotopic (exact) mass is 243 g/mol. The van der Waals surface area contributed by atoms with Crippen molar-refractivity contribution < 1.29 is 14.7 Å². The molecule has 1 atom stereocenters. The molecule has 4 nitrogen and oxygen atoms in total. The van der Waals surface area contributed by atoms with Gasteiger partial charge < -0.3 is 10.4 Å². The fraction of sp³-hybridized carbons (Fsp3) is 0.846. The number of carbonyl (C=O) groups excluding carboxylic acids is 1. The summed E-state index contributed by atoms with van der Waals surface area (Å²) in [4.78, 5) is 22.2. The molecule has 0 bridgehead atoms. The molecule has 17 heavy (non-hydrogen) atoms. The highest BCUT2D eigenvalue weighted by atomic mass is 16.4. The van der Waals surface area contributed by atoms with Crippen molar-refractivity contribution in [2.75, 3.05) is 0 Å². The minimum Gasteiger partial charge on any atom is -0.481 e. The van der Waals surface area contributed by atoms with E-state index < -0.39 is 5.97 Å². The van der Waals surface area contributed by atoms with Gasteiger partial charge in [0, 0.05) is 12.5 Å². The van der Waals surface area contributed by atoms with Gasteiger partial charge >= 0.3 is 5.97 Å². The molecule has 0 saturated carbocycles.